The fourth-order valence-electron chi connectivity index (χ4n) is 2.95. The number of amides is 1. The lowest BCUT2D eigenvalue weighted by Gasteiger charge is -2.37. The number of aromatic nitrogens is 1. The number of fused-ring (bicyclic) bond motifs is 1. The number of nitrogens with one attached hydrogen (secondary N) is 1. The van der Waals surface area contributed by atoms with Gasteiger partial charge in [-0.15, -0.1) is 0 Å². The fraction of sp³-hybridized carbons (Fsp3) is 0.438. The third-order valence-corrected chi connectivity index (χ3v) is 4.22. The van der Waals surface area contributed by atoms with E-state index in [1.54, 1.807) is 0 Å². The normalized spacial score (nSPS) is 15.3. The number of rotatable bonds is 4. The van der Waals surface area contributed by atoms with E-state index in [2.05, 4.69) is 4.98 Å². The van der Waals surface area contributed by atoms with Gasteiger partial charge in [0, 0.05) is 29.2 Å². The Morgan fingerprint density at radius 1 is 1.40 bits per heavy atom. The van der Waals surface area contributed by atoms with Crippen LogP contribution in [0.2, 0.25) is 0 Å². The third-order valence-electron chi connectivity index (χ3n) is 4.22. The highest BCUT2D eigenvalue weighted by Gasteiger charge is 2.30. The van der Waals surface area contributed by atoms with Crippen LogP contribution in [-0.4, -0.2) is 40.1 Å². The molecule has 1 aliphatic rings. The number of hydrogen-bond donors (Lipinski definition) is 2. The van der Waals surface area contributed by atoms with Gasteiger partial charge in [0.05, 0.1) is 12.2 Å². The molecule has 0 radical (unpaired) electrons. The average Bonchev–Trinajstić information content (AvgIpc) is 2.71. The number of benzene rings is 1. The fourth-order valence-corrected chi connectivity index (χ4v) is 2.95. The van der Waals surface area contributed by atoms with E-state index in [0.717, 1.165) is 35.0 Å². The largest absolute Gasteiger partial charge is 0.395 e. The molecule has 0 bridgehead atoms. The summed E-state index contributed by atoms with van der Waals surface area (Å²) in [4.78, 5) is 18.0. The molecule has 0 saturated heterocycles. The van der Waals surface area contributed by atoms with E-state index in [4.69, 9.17) is 0 Å². The Morgan fingerprint density at radius 2 is 2.15 bits per heavy atom. The van der Waals surface area contributed by atoms with Gasteiger partial charge in [0.15, 0.2) is 0 Å². The van der Waals surface area contributed by atoms with E-state index in [9.17, 15) is 9.90 Å². The Kier molecular flexibility index (Phi) is 3.49. The van der Waals surface area contributed by atoms with Gasteiger partial charge in [-0.3, -0.25) is 4.79 Å². The second-order valence-corrected chi connectivity index (χ2v) is 5.48. The highest BCUT2D eigenvalue weighted by Crippen LogP contribution is 2.29. The van der Waals surface area contributed by atoms with Gasteiger partial charge >= 0.3 is 0 Å². The molecule has 1 aliphatic carbocycles. The second-order valence-electron chi connectivity index (χ2n) is 5.48. The van der Waals surface area contributed by atoms with E-state index in [1.165, 1.54) is 6.42 Å². The number of carbonyl (C=O) groups excluding carboxylic acids is 1. The molecule has 0 atom stereocenters. The molecule has 2 N–H and O–H groups in total. The van der Waals surface area contributed by atoms with Gasteiger partial charge in [0.2, 0.25) is 0 Å². The summed E-state index contributed by atoms with van der Waals surface area (Å²) in [6, 6.07) is 8.17. The van der Waals surface area contributed by atoms with Gasteiger partial charge < -0.3 is 15.0 Å². The lowest BCUT2D eigenvalue weighted by Crippen LogP contribution is -2.45. The van der Waals surface area contributed by atoms with E-state index in [-0.39, 0.29) is 12.5 Å². The quantitative estimate of drug-likeness (QED) is 0.898. The maximum atomic E-state index is 12.9. The Labute approximate surface area is 118 Å². The molecule has 1 fully saturated rings. The minimum Gasteiger partial charge on any atom is -0.395 e. The number of aryl methyl sites for hydroxylation is 1. The summed E-state index contributed by atoms with van der Waals surface area (Å²) in [6.45, 7) is 2.37. The number of hydrogen-bond acceptors (Lipinski definition) is 2. The summed E-state index contributed by atoms with van der Waals surface area (Å²) in [7, 11) is 0. The first-order valence-electron chi connectivity index (χ1n) is 7.21. The first kappa shape index (κ1) is 13.2. The van der Waals surface area contributed by atoms with E-state index >= 15 is 0 Å². The molecule has 4 heteroatoms. The van der Waals surface area contributed by atoms with Crippen LogP contribution < -0.4 is 0 Å². The van der Waals surface area contributed by atoms with Crippen molar-refractivity contribution in [2.75, 3.05) is 13.2 Å². The zero-order valence-corrected chi connectivity index (χ0v) is 11.7. The maximum Gasteiger partial charge on any atom is 0.256 e. The number of aromatic amines is 1. The van der Waals surface area contributed by atoms with Gasteiger partial charge in [-0.1, -0.05) is 18.2 Å². The van der Waals surface area contributed by atoms with Crippen molar-refractivity contribution in [1.29, 1.82) is 0 Å². The van der Waals surface area contributed by atoms with Gasteiger partial charge in [0.25, 0.3) is 5.91 Å². The van der Waals surface area contributed by atoms with Crippen molar-refractivity contribution in [3.63, 3.8) is 0 Å². The summed E-state index contributed by atoms with van der Waals surface area (Å²) in [5.41, 5.74) is 2.64. The van der Waals surface area contributed by atoms with Gasteiger partial charge in [0.1, 0.15) is 0 Å². The number of para-hydroxylation sites is 1. The second kappa shape index (κ2) is 5.29. The van der Waals surface area contributed by atoms with Gasteiger partial charge in [-0.2, -0.15) is 0 Å². The Hall–Kier alpha value is -1.81. The minimum atomic E-state index is 0.0175. The molecule has 1 saturated carbocycles. The van der Waals surface area contributed by atoms with Crippen molar-refractivity contribution in [3.05, 3.63) is 35.5 Å². The number of aliphatic hydroxyl groups is 1. The van der Waals surface area contributed by atoms with Crippen LogP contribution in [0.1, 0.15) is 35.3 Å². The SMILES string of the molecule is Cc1[nH]c2ccccc2c1C(=O)N(CCO)C1CCC1. The highest BCUT2D eigenvalue weighted by molar-refractivity contribution is 6.08. The highest BCUT2D eigenvalue weighted by atomic mass is 16.3. The number of aliphatic hydroxyl groups excluding tert-OH is 1. The zero-order valence-electron chi connectivity index (χ0n) is 11.7. The molecule has 1 amide bonds. The number of nitrogens with zero attached hydrogens (tertiary/aromatic N) is 1. The molecule has 1 aromatic carbocycles. The van der Waals surface area contributed by atoms with Gasteiger partial charge in [-0.05, 0) is 32.3 Å². The van der Waals surface area contributed by atoms with Crippen molar-refractivity contribution in [2.24, 2.45) is 0 Å². The van der Waals surface area contributed by atoms with Gasteiger partial charge in [-0.25, -0.2) is 0 Å². The van der Waals surface area contributed by atoms with Crippen LogP contribution in [-0.2, 0) is 0 Å². The van der Waals surface area contributed by atoms with Crippen molar-refractivity contribution in [1.82, 2.24) is 9.88 Å². The predicted molar refractivity (Wildman–Crippen MR) is 78.8 cm³/mol. The van der Waals surface area contributed by atoms with Crippen LogP contribution in [0.3, 0.4) is 0 Å². The number of H-pyrrole nitrogens is 1. The lowest BCUT2D eigenvalue weighted by atomic mass is 9.90. The Balaban J connectivity index is 1.99. The summed E-state index contributed by atoms with van der Waals surface area (Å²) >= 11 is 0. The third kappa shape index (κ3) is 2.10. The van der Waals surface area contributed by atoms with Crippen LogP contribution in [0.5, 0.6) is 0 Å². The molecule has 1 heterocycles. The molecule has 0 aliphatic heterocycles. The average molecular weight is 272 g/mol. The van der Waals surface area contributed by atoms with E-state index < -0.39 is 0 Å². The van der Waals surface area contributed by atoms with Crippen LogP contribution in [0, 0.1) is 6.92 Å². The molecule has 106 valence electrons. The van der Waals surface area contributed by atoms with Crippen LogP contribution >= 0.6 is 0 Å². The van der Waals surface area contributed by atoms with Crippen LogP contribution in [0.15, 0.2) is 24.3 Å². The summed E-state index contributed by atoms with van der Waals surface area (Å²) < 4.78 is 0. The van der Waals surface area contributed by atoms with E-state index in [0.29, 0.717) is 12.6 Å². The standard InChI is InChI=1S/C16H20N2O2/c1-11-15(13-7-2-3-8-14(13)17-11)16(20)18(9-10-19)12-5-4-6-12/h2-3,7-8,12,17,19H,4-6,9-10H2,1H3. The lowest BCUT2D eigenvalue weighted by molar-refractivity contribution is 0.0527. The van der Waals surface area contributed by atoms with Crippen molar-refractivity contribution in [2.45, 2.75) is 32.2 Å². The summed E-state index contributed by atoms with van der Waals surface area (Å²) in [6.07, 6.45) is 3.27. The summed E-state index contributed by atoms with van der Waals surface area (Å²) in [5.74, 6) is 0.0405. The molecular weight excluding hydrogens is 252 g/mol. The summed E-state index contributed by atoms with van der Waals surface area (Å²) in [5, 5.41) is 10.2. The molecule has 2 aromatic rings. The van der Waals surface area contributed by atoms with E-state index in [1.807, 2.05) is 36.1 Å². The molecule has 20 heavy (non-hydrogen) atoms. The first-order valence-corrected chi connectivity index (χ1v) is 7.21. The van der Waals surface area contributed by atoms with Crippen molar-refractivity contribution >= 4 is 16.8 Å². The molecular formula is C16H20N2O2. The van der Waals surface area contributed by atoms with Crippen LogP contribution in [0.4, 0.5) is 0 Å². The first-order chi connectivity index (χ1) is 9.72. The predicted octanol–water partition coefficient (Wildman–Crippen LogP) is 2.46. The molecule has 1 aromatic heterocycles. The molecule has 3 rings (SSSR count). The number of carbonyl (C=O) groups is 1. The topological polar surface area (TPSA) is 56.3 Å². The van der Waals surface area contributed by atoms with Crippen molar-refractivity contribution < 1.29 is 9.90 Å². The maximum absolute atomic E-state index is 12.9. The Bertz CT molecular complexity index is 628. The molecule has 0 unspecified atom stereocenters. The molecule has 4 nitrogen and oxygen atoms in total. The molecule has 0 spiro atoms. The smallest absolute Gasteiger partial charge is 0.256 e. The zero-order chi connectivity index (χ0) is 14.1. The minimum absolute atomic E-state index is 0.0175. The monoisotopic (exact) mass is 272 g/mol. The van der Waals surface area contributed by atoms with Crippen LogP contribution in [0.25, 0.3) is 10.9 Å². The van der Waals surface area contributed by atoms with Crippen molar-refractivity contribution in [3.8, 4) is 0 Å². The Morgan fingerprint density at radius 3 is 2.80 bits per heavy atom.